The monoisotopic (exact) mass is 355 g/mol. The highest BCUT2D eigenvalue weighted by Crippen LogP contribution is 2.17. The number of halogens is 2. The highest BCUT2D eigenvalue weighted by molar-refractivity contribution is 5.94. The molecule has 2 fully saturated rings. The van der Waals surface area contributed by atoms with Gasteiger partial charge in [-0.15, -0.1) is 12.4 Å². The van der Waals surface area contributed by atoms with E-state index in [4.69, 9.17) is 0 Å². The molecule has 2 aliphatic heterocycles. The standard InChI is InChI=1S/C17H22FN3O2.ClH/c18-15-4-2-1-3-14(15)17(23)21-9-6-13(7-10-21)20-16(22)12-5-8-19-11-12;/h1-4,12-13,19H,5-11H2,(H,20,22);1H. The van der Waals surface area contributed by atoms with Crippen LogP contribution in [0.15, 0.2) is 24.3 Å². The van der Waals surface area contributed by atoms with Crippen LogP contribution in [-0.2, 0) is 4.79 Å². The van der Waals surface area contributed by atoms with E-state index in [-0.39, 0.29) is 41.7 Å². The van der Waals surface area contributed by atoms with E-state index in [0.717, 1.165) is 19.5 Å². The number of likely N-dealkylation sites (tertiary alicyclic amines) is 1. The van der Waals surface area contributed by atoms with Crippen molar-refractivity contribution in [3.05, 3.63) is 35.6 Å². The Morgan fingerprint density at radius 3 is 2.50 bits per heavy atom. The van der Waals surface area contributed by atoms with E-state index in [1.165, 1.54) is 12.1 Å². The molecular weight excluding hydrogens is 333 g/mol. The second-order valence-electron chi connectivity index (χ2n) is 6.24. The Balaban J connectivity index is 0.00000208. The molecule has 0 radical (unpaired) electrons. The molecule has 1 atom stereocenters. The summed E-state index contributed by atoms with van der Waals surface area (Å²) in [5.74, 6) is -0.587. The minimum Gasteiger partial charge on any atom is -0.353 e. The van der Waals surface area contributed by atoms with Crippen molar-refractivity contribution in [2.45, 2.75) is 25.3 Å². The summed E-state index contributed by atoms with van der Waals surface area (Å²) in [7, 11) is 0. The first kappa shape index (κ1) is 18.7. The Kier molecular flexibility index (Phi) is 6.57. The normalized spacial score (nSPS) is 21.2. The van der Waals surface area contributed by atoms with Crippen LogP contribution < -0.4 is 10.6 Å². The number of nitrogens with one attached hydrogen (secondary N) is 2. The van der Waals surface area contributed by atoms with Gasteiger partial charge in [-0.2, -0.15) is 0 Å². The Hall–Kier alpha value is -1.66. The van der Waals surface area contributed by atoms with Crippen LogP contribution >= 0.6 is 12.4 Å². The number of hydrogen-bond acceptors (Lipinski definition) is 3. The number of carbonyl (C=O) groups is 2. The van der Waals surface area contributed by atoms with Crippen molar-refractivity contribution in [1.29, 1.82) is 0 Å². The molecule has 0 bridgehead atoms. The number of amides is 2. The van der Waals surface area contributed by atoms with Gasteiger partial charge in [0.15, 0.2) is 0 Å². The van der Waals surface area contributed by atoms with Gasteiger partial charge in [-0.3, -0.25) is 9.59 Å². The molecule has 2 aliphatic rings. The molecule has 2 heterocycles. The van der Waals surface area contributed by atoms with E-state index in [0.29, 0.717) is 25.9 Å². The lowest BCUT2D eigenvalue weighted by atomic mass is 10.0. The van der Waals surface area contributed by atoms with Gasteiger partial charge in [0.1, 0.15) is 5.82 Å². The molecule has 2 amide bonds. The van der Waals surface area contributed by atoms with Gasteiger partial charge in [0.25, 0.3) is 5.91 Å². The zero-order valence-electron chi connectivity index (χ0n) is 13.5. The van der Waals surface area contributed by atoms with E-state index in [1.807, 2.05) is 0 Å². The zero-order chi connectivity index (χ0) is 16.2. The van der Waals surface area contributed by atoms with Crippen molar-refractivity contribution in [1.82, 2.24) is 15.5 Å². The fraction of sp³-hybridized carbons (Fsp3) is 0.529. The van der Waals surface area contributed by atoms with Crippen LogP contribution in [0.25, 0.3) is 0 Å². The third kappa shape index (κ3) is 4.24. The maximum absolute atomic E-state index is 13.7. The smallest absolute Gasteiger partial charge is 0.256 e. The second-order valence-corrected chi connectivity index (χ2v) is 6.24. The first-order chi connectivity index (χ1) is 11.1. The van der Waals surface area contributed by atoms with E-state index >= 15 is 0 Å². The summed E-state index contributed by atoms with van der Waals surface area (Å²) >= 11 is 0. The van der Waals surface area contributed by atoms with Gasteiger partial charge in [0, 0.05) is 25.7 Å². The van der Waals surface area contributed by atoms with Crippen LogP contribution in [-0.4, -0.2) is 48.9 Å². The van der Waals surface area contributed by atoms with Gasteiger partial charge in [-0.1, -0.05) is 12.1 Å². The summed E-state index contributed by atoms with van der Waals surface area (Å²) in [6.07, 6.45) is 2.31. The molecule has 1 aromatic rings. The van der Waals surface area contributed by atoms with Gasteiger partial charge in [0.2, 0.25) is 5.91 Å². The lowest BCUT2D eigenvalue weighted by molar-refractivity contribution is -0.125. The van der Waals surface area contributed by atoms with Crippen molar-refractivity contribution in [2.24, 2.45) is 5.92 Å². The van der Waals surface area contributed by atoms with Crippen molar-refractivity contribution < 1.29 is 14.0 Å². The minimum atomic E-state index is -0.485. The summed E-state index contributed by atoms with van der Waals surface area (Å²) in [4.78, 5) is 26.1. The molecule has 1 aromatic carbocycles. The highest BCUT2D eigenvalue weighted by Gasteiger charge is 2.28. The molecular formula is C17H23ClFN3O2. The summed E-state index contributed by atoms with van der Waals surface area (Å²) < 4.78 is 13.7. The topological polar surface area (TPSA) is 61.4 Å². The molecule has 24 heavy (non-hydrogen) atoms. The Labute approximate surface area is 147 Å². The summed E-state index contributed by atoms with van der Waals surface area (Å²) in [5, 5.41) is 6.27. The number of hydrogen-bond donors (Lipinski definition) is 2. The van der Waals surface area contributed by atoms with Crippen LogP contribution in [0.1, 0.15) is 29.6 Å². The second kappa shape index (κ2) is 8.44. The number of carbonyl (C=O) groups excluding carboxylic acids is 2. The summed E-state index contributed by atoms with van der Waals surface area (Å²) in [6, 6.07) is 6.16. The average Bonchev–Trinajstić information content (AvgIpc) is 3.10. The predicted molar refractivity (Wildman–Crippen MR) is 91.7 cm³/mol. The van der Waals surface area contributed by atoms with Crippen molar-refractivity contribution in [3.8, 4) is 0 Å². The van der Waals surface area contributed by atoms with Gasteiger partial charge in [-0.05, 0) is 37.9 Å². The first-order valence-electron chi connectivity index (χ1n) is 8.20. The molecule has 1 unspecified atom stereocenters. The van der Waals surface area contributed by atoms with Crippen LogP contribution in [0, 0.1) is 11.7 Å². The van der Waals surface area contributed by atoms with Gasteiger partial charge in [0.05, 0.1) is 11.5 Å². The third-order valence-electron chi connectivity index (χ3n) is 4.66. The van der Waals surface area contributed by atoms with Gasteiger partial charge >= 0.3 is 0 Å². The summed E-state index contributed by atoms with van der Waals surface area (Å²) in [6.45, 7) is 2.73. The Morgan fingerprint density at radius 2 is 1.88 bits per heavy atom. The van der Waals surface area contributed by atoms with Gasteiger partial charge < -0.3 is 15.5 Å². The quantitative estimate of drug-likeness (QED) is 0.865. The first-order valence-corrected chi connectivity index (χ1v) is 8.20. The maximum atomic E-state index is 13.7. The maximum Gasteiger partial charge on any atom is 0.256 e. The van der Waals surface area contributed by atoms with E-state index in [1.54, 1.807) is 17.0 Å². The Bertz CT molecular complexity index is 585. The highest BCUT2D eigenvalue weighted by atomic mass is 35.5. The number of benzene rings is 1. The van der Waals surface area contributed by atoms with E-state index in [9.17, 15) is 14.0 Å². The molecule has 2 N–H and O–H groups in total. The third-order valence-corrected chi connectivity index (χ3v) is 4.66. The lowest BCUT2D eigenvalue weighted by Gasteiger charge is -2.33. The number of piperidine rings is 1. The van der Waals surface area contributed by atoms with Crippen LogP contribution in [0.5, 0.6) is 0 Å². The molecule has 5 nitrogen and oxygen atoms in total. The van der Waals surface area contributed by atoms with Crippen molar-refractivity contribution >= 4 is 24.2 Å². The van der Waals surface area contributed by atoms with Crippen LogP contribution in [0.4, 0.5) is 4.39 Å². The molecule has 7 heteroatoms. The lowest BCUT2D eigenvalue weighted by Crippen LogP contribution is -2.48. The fourth-order valence-corrected chi connectivity index (χ4v) is 3.23. The summed E-state index contributed by atoms with van der Waals surface area (Å²) in [5.41, 5.74) is 0.118. The number of rotatable bonds is 3. The average molecular weight is 356 g/mol. The molecule has 0 saturated carbocycles. The van der Waals surface area contributed by atoms with E-state index in [2.05, 4.69) is 10.6 Å². The molecule has 3 rings (SSSR count). The molecule has 0 aromatic heterocycles. The van der Waals surface area contributed by atoms with Crippen molar-refractivity contribution in [2.75, 3.05) is 26.2 Å². The van der Waals surface area contributed by atoms with Gasteiger partial charge in [-0.25, -0.2) is 4.39 Å². The molecule has 2 saturated heterocycles. The molecule has 132 valence electrons. The zero-order valence-corrected chi connectivity index (χ0v) is 14.3. The Morgan fingerprint density at radius 1 is 1.17 bits per heavy atom. The SMILES string of the molecule is Cl.O=C(NC1CCN(C(=O)c2ccccc2F)CC1)C1CCNC1. The van der Waals surface area contributed by atoms with Crippen LogP contribution in [0.2, 0.25) is 0 Å². The number of nitrogens with zero attached hydrogens (tertiary/aromatic N) is 1. The van der Waals surface area contributed by atoms with Crippen LogP contribution in [0.3, 0.4) is 0 Å². The minimum absolute atomic E-state index is 0. The molecule has 0 aliphatic carbocycles. The van der Waals surface area contributed by atoms with Crippen molar-refractivity contribution in [3.63, 3.8) is 0 Å². The fourth-order valence-electron chi connectivity index (χ4n) is 3.23. The predicted octanol–water partition coefficient (Wildman–Crippen LogP) is 1.58. The van der Waals surface area contributed by atoms with E-state index < -0.39 is 5.82 Å². The molecule has 0 spiro atoms. The largest absolute Gasteiger partial charge is 0.353 e.